The molecule has 5 nitrogen and oxygen atoms in total. The second-order valence-corrected chi connectivity index (χ2v) is 5.01. The number of likely N-dealkylation sites (N-methyl/N-ethyl adjacent to an activating group) is 1. The van der Waals surface area contributed by atoms with Gasteiger partial charge in [0.05, 0.1) is 12.1 Å². The molecule has 21 heavy (non-hydrogen) atoms. The SMILES string of the molecule is CN(CCOc1ccccc1)C(=O)c1cc(Cl)nnc1Cl. The van der Waals surface area contributed by atoms with E-state index < -0.39 is 0 Å². The Hall–Kier alpha value is -1.85. The Morgan fingerprint density at radius 3 is 2.67 bits per heavy atom. The molecule has 0 N–H and O–H groups in total. The molecule has 1 aromatic carbocycles. The van der Waals surface area contributed by atoms with E-state index in [2.05, 4.69) is 10.2 Å². The van der Waals surface area contributed by atoms with E-state index in [9.17, 15) is 4.79 Å². The third-order valence-electron chi connectivity index (χ3n) is 2.73. The van der Waals surface area contributed by atoms with Gasteiger partial charge in [-0.15, -0.1) is 10.2 Å². The lowest BCUT2D eigenvalue weighted by Gasteiger charge is -2.17. The average molecular weight is 326 g/mol. The number of hydrogen-bond acceptors (Lipinski definition) is 4. The molecule has 0 aliphatic rings. The molecule has 7 heteroatoms. The standard InChI is InChI=1S/C14H13Cl2N3O2/c1-19(7-8-21-10-5-3-2-4-6-10)14(20)11-9-12(15)17-18-13(11)16/h2-6,9H,7-8H2,1H3. The third-order valence-corrected chi connectivity index (χ3v) is 3.20. The lowest BCUT2D eigenvalue weighted by molar-refractivity contribution is 0.0773. The first kappa shape index (κ1) is 15.5. The second kappa shape index (κ2) is 7.24. The lowest BCUT2D eigenvalue weighted by Crippen LogP contribution is -2.31. The summed E-state index contributed by atoms with van der Waals surface area (Å²) in [5.41, 5.74) is 0.221. The van der Waals surface area contributed by atoms with Gasteiger partial charge in [-0.3, -0.25) is 4.79 Å². The highest BCUT2D eigenvalue weighted by atomic mass is 35.5. The predicted octanol–water partition coefficient (Wildman–Crippen LogP) is 2.93. The van der Waals surface area contributed by atoms with E-state index in [1.165, 1.54) is 11.0 Å². The van der Waals surface area contributed by atoms with Crippen molar-refractivity contribution in [1.82, 2.24) is 15.1 Å². The van der Waals surface area contributed by atoms with Crippen LogP contribution in [0, 0.1) is 0 Å². The number of benzene rings is 1. The zero-order chi connectivity index (χ0) is 15.2. The van der Waals surface area contributed by atoms with E-state index in [1.807, 2.05) is 30.3 Å². The van der Waals surface area contributed by atoms with Crippen molar-refractivity contribution in [1.29, 1.82) is 0 Å². The van der Waals surface area contributed by atoms with Gasteiger partial charge in [0, 0.05) is 7.05 Å². The van der Waals surface area contributed by atoms with Crippen LogP contribution >= 0.6 is 23.2 Å². The summed E-state index contributed by atoms with van der Waals surface area (Å²) >= 11 is 11.6. The number of carbonyl (C=O) groups excluding carboxylic acids is 1. The Kier molecular flexibility index (Phi) is 5.36. The van der Waals surface area contributed by atoms with Crippen molar-refractivity contribution in [2.45, 2.75) is 0 Å². The molecule has 0 bridgehead atoms. The highest BCUT2D eigenvalue weighted by Crippen LogP contribution is 2.17. The van der Waals surface area contributed by atoms with Gasteiger partial charge in [0.1, 0.15) is 12.4 Å². The minimum Gasteiger partial charge on any atom is -0.492 e. The zero-order valence-electron chi connectivity index (χ0n) is 11.3. The fourth-order valence-corrected chi connectivity index (χ4v) is 1.95. The van der Waals surface area contributed by atoms with E-state index >= 15 is 0 Å². The molecule has 1 heterocycles. The summed E-state index contributed by atoms with van der Waals surface area (Å²) in [4.78, 5) is 13.7. The monoisotopic (exact) mass is 325 g/mol. The van der Waals surface area contributed by atoms with E-state index in [0.717, 1.165) is 5.75 Å². The molecule has 2 rings (SSSR count). The van der Waals surface area contributed by atoms with Crippen molar-refractivity contribution in [3.8, 4) is 5.75 Å². The highest BCUT2D eigenvalue weighted by molar-refractivity contribution is 6.34. The van der Waals surface area contributed by atoms with Crippen LogP contribution in [-0.2, 0) is 0 Å². The smallest absolute Gasteiger partial charge is 0.257 e. The normalized spacial score (nSPS) is 10.2. The van der Waals surface area contributed by atoms with E-state index in [0.29, 0.717) is 13.2 Å². The van der Waals surface area contributed by atoms with Crippen LogP contribution in [0.4, 0.5) is 0 Å². The molecular weight excluding hydrogens is 313 g/mol. The summed E-state index contributed by atoms with van der Waals surface area (Å²) in [6, 6.07) is 10.8. The minimum absolute atomic E-state index is 0.0280. The van der Waals surface area contributed by atoms with Gasteiger partial charge >= 0.3 is 0 Å². The molecule has 1 aromatic heterocycles. The zero-order valence-corrected chi connectivity index (χ0v) is 12.8. The minimum atomic E-state index is -0.284. The molecule has 0 spiro atoms. The number of rotatable bonds is 5. The molecule has 0 radical (unpaired) electrons. The summed E-state index contributed by atoms with van der Waals surface area (Å²) in [5.74, 6) is 0.471. The number of ether oxygens (including phenoxy) is 1. The van der Waals surface area contributed by atoms with Crippen LogP contribution in [0.15, 0.2) is 36.4 Å². The van der Waals surface area contributed by atoms with Crippen molar-refractivity contribution in [3.63, 3.8) is 0 Å². The van der Waals surface area contributed by atoms with Gasteiger partial charge in [0.25, 0.3) is 5.91 Å². The maximum Gasteiger partial charge on any atom is 0.257 e. The second-order valence-electron chi connectivity index (χ2n) is 4.26. The molecular formula is C14H13Cl2N3O2. The van der Waals surface area contributed by atoms with Gasteiger partial charge in [-0.1, -0.05) is 41.4 Å². The van der Waals surface area contributed by atoms with Crippen LogP contribution in [-0.4, -0.2) is 41.2 Å². The molecule has 0 atom stereocenters. The van der Waals surface area contributed by atoms with Crippen molar-refractivity contribution in [2.75, 3.05) is 20.2 Å². The van der Waals surface area contributed by atoms with Gasteiger partial charge in [0.15, 0.2) is 10.3 Å². The third kappa shape index (κ3) is 4.31. The summed E-state index contributed by atoms with van der Waals surface area (Å²) < 4.78 is 5.54. The fraction of sp³-hybridized carbons (Fsp3) is 0.214. The fourth-order valence-electron chi connectivity index (χ4n) is 1.63. The Bertz CT molecular complexity index is 623. The lowest BCUT2D eigenvalue weighted by atomic mass is 10.3. The van der Waals surface area contributed by atoms with Gasteiger partial charge < -0.3 is 9.64 Å². The van der Waals surface area contributed by atoms with Gasteiger partial charge in [-0.25, -0.2) is 0 Å². The Labute approximate surface area is 132 Å². The number of nitrogens with zero attached hydrogens (tertiary/aromatic N) is 3. The summed E-state index contributed by atoms with van der Waals surface area (Å²) in [5, 5.41) is 7.34. The average Bonchev–Trinajstić information content (AvgIpc) is 2.50. The maximum absolute atomic E-state index is 12.2. The first-order valence-corrected chi connectivity index (χ1v) is 6.95. The van der Waals surface area contributed by atoms with Crippen LogP contribution in [0.1, 0.15) is 10.4 Å². The van der Waals surface area contributed by atoms with Gasteiger partial charge in [-0.05, 0) is 18.2 Å². The van der Waals surface area contributed by atoms with E-state index in [4.69, 9.17) is 27.9 Å². The number of para-hydroxylation sites is 1. The number of aromatic nitrogens is 2. The van der Waals surface area contributed by atoms with Crippen molar-refractivity contribution < 1.29 is 9.53 Å². The van der Waals surface area contributed by atoms with E-state index in [-0.39, 0.29) is 21.8 Å². The van der Waals surface area contributed by atoms with Crippen molar-refractivity contribution >= 4 is 29.1 Å². The Balaban J connectivity index is 1.92. The van der Waals surface area contributed by atoms with Crippen LogP contribution in [0.3, 0.4) is 0 Å². The predicted molar refractivity (Wildman–Crippen MR) is 80.9 cm³/mol. The summed E-state index contributed by atoms with van der Waals surface area (Å²) in [6.07, 6.45) is 0. The summed E-state index contributed by atoms with van der Waals surface area (Å²) in [6.45, 7) is 0.778. The molecule has 0 unspecified atom stereocenters. The van der Waals surface area contributed by atoms with E-state index in [1.54, 1.807) is 7.05 Å². The molecule has 2 aromatic rings. The van der Waals surface area contributed by atoms with Crippen LogP contribution in [0.25, 0.3) is 0 Å². The number of amides is 1. The maximum atomic E-state index is 12.2. The van der Waals surface area contributed by atoms with Crippen molar-refractivity contribution in [3.05, 3.63) is 52.3 Å². The van der Waals surface area contributed by atoms with Crippen LogP contribution in [0.5, 0.6) is 5.75 Å². The number of hydrogen-bond donors (Lipinski definition) is 0. The quantitative estimate of drug-likeness (QED) is 0.848. The van der Waals surface area contributed by atoms with Crippen LogP contribution < -0.4 is 4.74 Å². The highest BCUT2D eigenvalue weighted by Gasteiger charge is 2.17. The largest absolute Gasteiger partial charge is 0.492 e. The molecule has 110 valence electrons. The number of carbonyl (C=O) groups is 1. The first-order valence-electron chi connectivity index (χ1n) is 6.20. The molecule has 0 fully saturated rings. The molecule has 0 aliphatic carbocycles. The van der Waals surface area contributed by atoms with Crippen molar-refractivity contribution in [2.24, 2.45) is 0 Å². The number of halogens is 2. The molecule has 0 aliphatic heterocycles. The topological polar surface area (TPSA) is 55.3 Å². The van der Waals surface area contributed by atoms with Gasteiger partial charge in [-0.2, -0.15) is 0 Å². The first-order chi connectivity index (χ1) is 10.1. The molecule has 0 saturated heterocycles. The van der Waals surface area contributed by atoms with Gasteiger partial charge in [0.2, 0.25) is 0 Å². The Morgan fingerprint density at radius 1 is 1.24 bits per heavy atom. The Morgan fingerprint density at radius 2 is 1.95 bits per heavy atom. The summed E-state index contributed by atoms with van der Waals surface area (Å²) in [7, 11) is 1.65. The molecule has 0 saturated carbocycles. The molecule has 1 amide bonds. The van der Waals surface area contributed by atoms with Crippen LogP contribution in [0.2, 0.25) is 10.3 Å².